The maximum absolute atomic E-state index is 12.4. The number of nitrogens with one attached hydrogen (secondary N) is 1. The van der Waals surface area contributed by atoms with Gasteiger partial charge in [-0.15, -0.1) is 0 Å². The van der Waals surface area contributed by atoms with Gasteiger partial charge in [0.25, 0.3) is 5.91 Å². The Morgan fingerprint density at radius 2 is 1.84 bits per heavy atom. The van der Waals surface area contributed by atoms with Crippen molar-refractivity contribution in [3.63, 3.8) is 0 Å². The van der Waals surface area contributed by atoms with Crippen LogP contribution in [0.1, 0.15) is 27.0 Å². The summed E-state index contributed by atoms with van der Waals surface area (Å²) in [4.78, 5) is 12.4. The van der Waals surface area contributed by atoms with E-state index in [-0.39, 0.29) is 5.91 Å². The lowest BCUT2D eigenvalue weighted by Gasteiger charge is -2.08. The Labute approximate surface area is 195 Å². The molecule has 0 bridgehead atoms. The first kappa shape index (κ1) is 21.4. The van der Waals surface area contributed by atoms with E-state index >= 15 is 0 Å². The third kappa shape index (κ3) is 4.77. The first-order chi connectivity index (χ1) is 14.9. The van der Waals surface area contributed by atoms with E-state index in [0.29, 0.717) is 27.2 Å². The van der Waals surface area contributed by atoms with Crippen molar-refractivity contribution in [1.29, 1.82) is 0 Å². The predicted octanol–water partition coefficient (Wildman–Crippen LogP) is 6.72. The number of carbonyl (C=O) groups excluding carboxylic acids is 1. The van der Waals surface area contributed by atoms with Crippen LogP contribution in [0.4, 0.5) is 0 Å². The minimum atomic E-state index is -0.324. The highest BCUT2D eigenvalue weighted by Gasteiger charge is 2.10. The molecule has 0 radical (unpaired) electrons. The van der Waals surface area contributed by atoms with Gasteiger partial charge in [0.2, 0.25) is 0 Å². The highest BCUT2D eigenvalue weighted by atomic mass is 35.5. The molecule has 0 unspecified atom stereocenters. The van der Waals surface area contributed by atoms with Gasteiger partial charge in [-0.1, -0.05) is 65.1 Å². The minimum Gasteiger partial charge on any atom is -0.342 e. The summed E-state index contributed by atoms with van der Waals surface area (Å²) < 4.78 is 2.09. The largest absolute Gasteiger partial charge is 0.342 e. The third-order valence-corrected chi connectivity index (χ3v) is 5.97. The number of benzene rings is 3. The Morgan fingerprint density at radius 3 is 2.61 bits per heavy atom. The monoisotopic (exact) mass is 469 g/mol. The van der Waals surface area contributed by atoms with E-state index < -0.39 is 0 Å². The summed E-state index contributed by atoms with van der Waals surface area (Å²) in [6.45, 7) is 2.47. The quantitative estimate of drug-likeness (QED) is 0.255. The number of fused-ring (bicyclic) bond motifs is 1. The molecule has 0 aliphatic carbocycles. The summed E-state index contributed by atoms with van der Waals surface area (Å²) in [6, 6.07) is 18.6. The number of carbonyl (C=O) groups is 1. The van der Waals surface area contributed by atoms with E-state index in [0.717, 1.165) is 27.6 Å². The second-order valence-corrected chi connectivity index (χ2v) is 8.38. The van der Waals surface area contributed by atoms with Gasteiger partial charge in [-0.05, 0) is 48.4 Å². The van der Waals surface area contributed by atoms with Gasteiger partial charge in [0.05, 0.1) is 6.21 Å². The summed E-state index contributed by atoms with van der Waals surface area (Å²) in [5.74, 6) is -0.324. The van der Waals surface area contributed by atoms with Crippen molar-refractivity contribution in [1.82, 2.24) is 9.99 Å². The van der Waals surface area contributed by atoms with E-state index in [1.807, 2.05) is 49.5 Å². The molecule has 4 nitrogen and oxygen atoms in total. The summed E-state index contributed by atoms with van der Waals surface area (Å²) in [7, 11) is 0. The van der Waals surface area contributed by atoms with Crippen molar-refractivity contribution in [3.05, 3.63) is 104 Å². The van der Waals surface area contributed by atoms with Crippen molar-refractivity contribution in [2.45, 2.75) is 13.5 Å². The van der Waals surface area contributed by atoms with E-state index in [2.05, 4.69) is 15.1 Å². The SMILES string of the molecule is Cc1ccc(C(=O)N/N=C\c2cn(Cc3ccc(Cl)cc3Cl)c3ccccc23)cc1Cl. The molecular weight excluding hydrogens is 453 g/mol. The van der Waals surface area contributed by atoms with Crippen LogP contribution in [0.2, 0.25) is 15.1 Å². The van der Waals surface area contributed by atoms with E-state index in [9.17, 15) is 4.79 Å². The number of amides is 1. The fourth-order valence-electron chi connectivity index (χ4n) is 3.30. The van der Waals surface area contributed by atoms with Crippen LogP contribution in [0, 0.1) is 6.92 Å². The minimum absolute atomic E-state index is 0.324. The number of hydrogen-bond acceptors (Lipinski definition) is 2. The zero-order valence-electron chi connectivity index (χ0n) is 16.6. The average molecular weight is 471 g/mol. The Morgan fingerprint density at radius 1 is 1.03 bits per heavy atom. The van der Waals surface area contributed by atoms with Gasteiger partial charge < -0.3 is 4.57 Å². The van der Waals surface area contributed by atoms with Crippen LogP contribution in [0.5, 0.6) is 0 Å². The van der Waals surface area contributed by atoms with Gasteiger partial charge in [-0.25, -0.2) is 5.43 Å². The smallest absolute Gasteiger partial charge is 0.271 e. The van der Waals surface area contributed by atoms with Crippen molar-refractivity contribution in [2.24, 2.45) is 5.10 Å². The first-order valence-electron chi connectivity index (χ1n) is 9.54. The maximum atomic E-state index is 12.4. The standard InChI is InChI=1S/C24H18Cl3N3O/c1-15-6-7-16(10-21(15)26)24(31)29-28-12-18-14-30(23-5-3-2-4-20(18)23)13-17-8-9-19(25)11-22(17)27/h2-12,14H,13H2,1H3,(H,29,31)/b28-12-. The van der Waals surface area contributed by atoms with Crippen LogP contribution < -0.4 is 5.43 Å². The van der Waals surface area contributed by atoms with Crippen molar-refractivity contribution < 1.29 is 4.79 Å². The third-order valence-electron chi connectivity index (χ3n) is 4.98. The molecule has 0 saturated carbocycles. The highest BCUT2D eigenvalue weighted by molar-refractivity contribution is 6.35. The lowest BCUT2D eigenvalue weighted by molar-refractivity contribution is 0.0955. The highest BCUT2D eigenvalue weighted by Crippen LogP contribution is 2.25. The van der Waals surface area contributed by atoms with Crippen LogP contribution >= 0.6 is 34.8 Å². The lowest BCUT2D eigenvalue weighted by Crippen LogP contribution is -2.17. The molecule has 3 aromatic carbocycles. The second kappa shape index (κ2) is 9.15. The molecule has 1 heterocycles. The van der Waals surface area contributed by atoms with Gasteiger partial charge in [0, 0.05) is 49.8 Å². The molecule has 0 fully saturated rings. The number of hydrazone groups is 1. The number of para-hydroxylation sites is 1. The Hall–Kier alpha value is -2.79. The summed E-state index contributed by atoms with van der Waals surface area (Å²) in [5, 5.41) is 6.92. The number of aryl methyl sites for hydroxylation is 1. The second-order valence-electron chi connectivity index (χ2n) is 7.13. The zero-order chi connectivity index (χ0) is 22.0. The molecule has 0 aliphatic heterocycles. The predicted molar refractivity (Wildman–Crippen MR) is 129 cm³/mol. The molecule has 4 rings (SSSR count). The van der Waals surface area contributed by atoms with Crippen molar-refractivity contribution in [2.75, 3.05) is 0 Å². The fraction of sp³-hybridized carbons (Fsp3) is 0.0833. The number of nitrogens with zero attached hydrogens (tertiary/aromatic N) is 2. The first-order valence-corrected chi connectivity index (χ1v) is 10.7. The van der Waals surface area contributed by atoms with Crippen LogP contribution in [-0.4, -0.2) is 16.7 Å². The Bertz CT molecular complexity index is 1310. The topological polar surface area (TPSA) is 46.4 Å². The van der Waals surface area contributed by atoms with Gasteiger partial charge >= 0.3 is 0 Å². The molecule has 7 heteroatoms. The summed E-state index contributed by atoms with van der Waals surface area (Å²) in [6.07, 6.45) is 3.62. The number of rotatable bonds is 5. The van der Waals surface area contributed by atoms with E-state index in [1.165, 1.54) is 0 Å². The van der Waals surface area contributed by atoms with E-state index in [1.54, 1.807) is 30.5 Å². The molecule has 0 spiro atoms. The normalized spacial score (nSPS) is 11.4. The van der Waals surface area contributed by atoms with Gasteiger partial charge in [0.15, 0.2) is 0 Å². The number of halogens is 3. The molecule has 0 aliphatic rings. The van der Waals surface area contributed by atoms with Crippen LogP contribution in [0.25, 0.3) is 10.9 Å². The molecule has 0 saturated heterocycles. The van der Waals surface area contributed by atoms with Gasteiger partial charge in [0.1, 0.15) is 0 Å². The van der Waals surface area contributed by atoms with Crippen molar-refractivity contribution >= 4 is 57.8 Å². The molecule has 1 aromatic heterocycles. The molecule has 156 valence electrons. The molecule has 1 N–H and O–H groups in total. The summed E-state index contributed by atoms with van der Waals surface area (Å²) >= 11 is 18.5. The van der Waals surface area contributed by atoms with Crippen LogP contribution in [-0.2, 0) is 6.54 Å². The van der Waals surface area contributed by atoms with Gasteiger partial charge in [-0.2, -0.15) is 5.10 Å². The maximum Gasteiger partial charge on any atom is 0.271 e. The zero-order valence-corrected chi connectivity index (χ0v) is 18.8. The van der Waals surface area contributed by atoms with Crippen LogP contribution in [0.3, 0.4) is 0 Å². The fourth-order valence-corrected chi connectivity index (χ4v) is 3.95. The average Bonchev–Trinajstić information content (AvgIpc) is 3.09. The van der Waals surface area contributed by atoms with Crippen molar-refractivity contribution in [3.8, 4) is 0 Å². The lowest BCUT2D eigenvalue weighted by atomic mass is 10.1. The number of aromatic nitrogens is 1. The Balaban J connectivity index is 1.58. The van der Waals surface area contributed by atoms with E-state index in [4.69, 9.17) is 34.8 Å². The molecule has 0 atom stereocenters. The molecular formula is C24H18Cl3N3O. The summed E-state index contributed by atoms with van der Waals surface area (Å²) in [5.41, 5.74) is 6.79. The molecule has 4 aromatic rings. The molecule has 1 amide bonds. The van der Waals surface area contributed by atoms with Crippen LogP contribution in [0.15, 0.2) is 72.0 Å². The molecule has 31 heavy (non-hydrogen) atoms. The van der Waals surface area contributed by atoms with Gasteiger partial charge in [-0.3, -0.25) is 4.79 Å². The Kier molecular flexibility index (Phi) is 6.33. The number of hydrogen-bond donors (Lipinski definition) is 1.